The summed E-state index contributed by atoms with van der Waals surface area (Å²) in [4.78, 5) is 13.4. The summed E-state index contributed by atoms with van der Waals surface area (Å²) >= 11 is 0. The molecular formula is C8H12N2O6S2. The number of sulfone groups is 1. The van der Waals surface area contributed by atoms with Gasteiger partial charge in [0.1, 0.15) is 5.56 Å². The molecule has 0 bridgehead atoms. The molecule has 0 fully saturated rings. The van der Waals surface area contributed by atoms with E-state index < -0.39 is 30.9 Å². The van der Waals surface area contributed by atoms with E-state index in [0.29, 0.717) is 0 Å². The van der Waals surface area contributed by atoms with E-state index >= 15 is 0 Å². The van der Waals surface area contributed by atoms with Crippen LogP contribution in [0.15, 0.2) is 6.20 Å². The zero-order valence-corrected chi connectivity index (χ0v) is 11.2. The number of hydrogen-bond donors (Lipinski definition) is 3. The highest BCUT2D eigenvalue weighted by atomic mass is 32.3. The Bertz CT molecular complexity index is 670. The number of rotatable bonds is 5. The number of aromatic amines is 1. The van der Waals surface area contributed by atoms with Crippen molar-refractivity contribution in [2.75, 3.05) is 16.1 Å². The van der Waals surface area contributed by atoms with Gasteiger partial charge >= 0.3 is 5.97 Å². The maximum absolute atomic E-state index is 11.5. The Kier molecular flexibility index (Phi) is 3.72. The molecule has 1 heterocycles. The summed E-state index contributed by atoms with van der Waals surface area (Å²) in [5.41, 5.74) is -0.171. The van der Waals surface area contributed by atoms with Crippen LogP contribution in [0.3, 0.4) is 0 Å². The third-order valence-electron chi connectivity index (χ3n) is 1.93. The highest BCUT2D eigenvalue weighted by molar-refractivity contribution is 8.08. The fourth-order valence-corrected chi connectivity index (χ4v) is 4.35. The molecule has 10 heteroatoms. The number of sulfonamides is 1. The third-order valence-corrected chi connectivity index (χ3v) is 5.41. The van der Waals surface area contributed by atoms with Crippen LogP contribution < -0.4 is 4.72 Å². The van der Waals surface area contributed by atoms with E-state index in [2.05, 4.69) is 4.98 Å². The average molecular weight is 296 g/mol. The fraction of sp³-hybridized carbons (Fsp3) is 0.375. The molecule has 0 aliphatic rings. The quantitative estimate of drug-likeness (QED) is 0.687. The van der Waals surface area contributed by atoms with Crippen LogP contribution in [0.2, 0.25) is 0 Å². The first-order chi connectivity index (χ1) is 8.02. The van der Waals surface area contributed by atoms with Crippen LogP contribution in [0.5, 0.6) is 0 Å². The van der Waals surface area contributed by atoms with E-state index in [1.165, 1.54) is 6.92 Å². The van der Waals surface area contributed by atoms with Gasteiger partial charge in [0.15, 0.2) is 14.9 Å². The number of aromatic carboxylic acids is 1. The second-order valence-electron chi connectivity index (χ2n) is 3.77. The van der Waals surface area contributed by atoms with Gasteiger partial charge in [0.25, 0.3) is 0 Å². The monoisotopic (exact) mass is 296 g/mol. The summed E-state index contributed by atoms with van der Waals surface area (Å²) in [6.45, 7) is 1.46. The summed E-state index contributed by atoms with van der Waals surface area (Å²) < 4.78 is 46.8. The Morgan fingerprint density at radius 2 is 1.94 bits per heavy atom. The summed E-state index contributed by atoms with van der Waals surface area (Å²) in [6.07, 6.45) is 1.92. The summed E-state index contributed by atoms with van der Waals surface area (Å²) in [5.74, 6) is -1.31. The lowest BCUT2D eigenvalue weighted by Gasteiger charge is -2.06. The first-order valence-electron chi connectivity index (χ1n) is 4.61. The molecular weight excluding hydrogens is 284 g/mol. The Morgan fingerprint density at radius 3 is 2.39 bits per heavy atom. The second kappa shape index (κ2) is 4.61. The first-order valence-corrected chi connectivity index (χ1v) is 8.32. The van der Waals surface area contributed by atoms with Crippen LogP contribution in [0.4, 0.5) is 5.69 Å². The van der Waals surface area contributed by atoms with Gasteiger partial charge in [0.05, 0.1) is 5.69 Å². The highest BCUT2D eigenvalue weighted by Gasteiger charge is 2.23. The number of H-pyrrole nitrogens is 1. The molecule has 1 aromatic heterocycles. The molecule has 8 nitrogen and oxygen atoms in total. The zero-order chi connectivity index (χ0) is 14.1. The molecule has 18 heavy (non-hydrogen) atoms. The molecule has 0 amide bonds. The van der Waals surface area contributed by atoms with Crippen LogP contribution in [0.1, 0.15) is 16.1 Å². The number of carboxylic acids is 1. The summed E-state index contributed by atoms with van der Waals surface area (Å²) in [6, 6.07) is 0. The Morgan fingerprint density at radius 1 is 1.39 bits per heavy atom. The Hall–Kier alpha value is -1.55. The molecule has 0 unspecified atom stereocenters. The topological polar surface area (TPSA) is 133 Å². The van der Waals surface area contributed by atoms with Crippen molar-refractivity contribution in [1.29, 1.82) is 0 Å². The SMILES string of the molecule is Cc1[nH]cc(NS(=O)(=O)CS(C)(=O)=O)c1C(=O)O. The molecule has 1 aromatic rings. The largest absolute Gasteiger partial charge is 0.478 e. The van der Waals surface area contributed by atoms with Gasteiger partial charge < -0.3 is 10.1 Å². The average Bonchev–Trinajstić information content (AvgIpc) is 2.40. The second-order valence-corrected chi connectivity index (χ2v) is 8.00. The van der Waals surface area contributed by atoms with Crippen LogP contribution >= 0.6 is 0 Å². The molecule has 0 saturated heterocycles. The number of aryl methyl sites for hydroxylation is 1. The minimum atomic E-state index is -4.16. The lowest BCUT2D eigenvalue weighted by molar-refractivity contribution is 0.0697. The predicted molar refractivity (Wildman–Crippen MR) is 64.7 cm³/mol. The van der Waals surface area contributed by atoms with Crippen molar-refractivity contribution in [3.63, 3.8) is 0 Å². The van der Waals surface area contributed by atoms with Crippen molar-refractivity contribution in [2.24, 2.45) is 0 Å². The van der Waals surface area contributed by atoms with Crippen molar-refractivity contribution >= 4 is 31.5 Å². The van der Waals surface area contributed by atoms with E-state index in [-0.39, 0.29) is 16.9 Å². The van der Waals surface area contributed by atoms with E-state index in [9.17, 15) is 21.6 Å². The maximum Gasteiger partial charge on any atom is 0.339 e. The molecule has 0 radical (unpaired) electrons. The van der Waals surface area contributed by atoms with Gasteiger partial charge in [-0.1, -0.05) is 0 Å². The zero-order valence-electron chi connectivity index (χ0n) is 9.59. The van der Waals surface area contributed by atoms with Crippen LogP contribution in [-0.2, 0) is 19.9 Å². The van der Waals surface area contributed by atoms with Crippen molar-refractivity contribution < 1.29 is 26.7 Å². The standard InChI is InChI=1S/C8H12N2O6S2/c1-5-7(8(11)12)6(3-9-5)10-18(15,16)4-17(2,13)14/h3,9-10H,4H2,1-2H3,(H,11,12). The minimum Gasteiger partial charge on any atom is -0.478 e. The number of aromatic nitrogens is 1. The van der Waals surface area contributed by atoms with E-state index in [4.69, 9.17) is 5.11 Å². The van der Waals surface area contributed by atoms with E-state index in [1.807, 2.05) is 4.72 Å². The predicted octanol–water partition coefficient (Wildman–Crippen LogP) is -0.235. The smallest absolute Gasteiger partial charge is 0.339 e. The summed E-state index contributed by atoms with van der Waals surface area (Å²) in [7, 11) is -7.89. The molecule has 0 aliphatic carbocycles. The summed E-state index contributed by atoms with van der Waals surface area (Å²) in [5, 5.41) is 7.78. The molecule has 102 valence electrons. The number of anilines is 1. The molecule has 0 aliphatic heterocycles. The van der Waals surface area contributed by atoms with Gasteiger partial charge in [0, 0.05) is 18.1 Å². The molecule has 0 spiro atoms. The van der Waals surface area contributed by atoms with Gasteiger partial charge in [-0.15, -0.1) is 0 Å². The van der Waals surface area contributed by atoms with Gasteiger partial charge in [0.2, 0.25) is 10.0 Å². The fourth-order valence-electron chi connectivity index (χ4n) is 1.36. The third kappa shape index (κ3) is 3.74. The number of nitrogens with one attached hydrogen (secondary N) is 2. The van der Waals surface area contributed by atoms with Crippen LogP contribution in [0.25, 0.3) is 0 Å². The van der Waals surface area contributed by atoms with Crippen molar-refractivity contribution in [2.45, 2.75) is 6.92 Å². The van der Waals surface area contributed by atoms with Gasteiger partial charge in [-0.3, -0.25) is 4.72 Å². The minimum absolute atomic E-state index is 0.191. The van der Waals surface area contributed by atoms with E-state index in [0.717, 1.165) is 12.5 Å². The number of carboxylic acid groups (broad SMARTS) is 1. The van der Waals surface area contributed by atoms with Crippen LogP contribution in [-0.4, -0.2) is 44.2 Å². The van der Waals surface area contributed by atoms with Gasteiger partial charge in [-0.25, -0.2) is 21.6 Å². The lowest BCUT2D eigenvalue weighted by atomic mass is 10.2. The normalized spacial score (nSPS) is 12.3. The number of hydrogen-bond acceptors (Lipinski definition) is 5. The van der Waals surface area contributed by atoms with Crippen molar-refractivity contribution in [1.82, 2.24) is 4.98 Å². The molecule has 1 rings (SSSR count). The molecule has 0 atom stereocenters. The Balaban J connectivity index is 3.10. The molecule has 3 N–H and O–H groups in total. The van der Waals surface area contributed by atoms with Gasteiger partial charge in [-0.2, -0.15) is 0 Å². The number of carbonyl (C=O) groups is 1. The highest BCUT2D eigenvalue weighted by Crippen LogP contribution is 2.20. The maximum atomic E-state index is 11.5. The van der Waals surface area contributed by atoms with Crippen molar-refractivity contribution in [3.05, 3.63) is 17.5 Å². The van der Waals surface area contributed by atoms with Crippen molar-refractivity contribution in [3.8, 4) is 0 Å². The van der Waals surface area contributed by atoms with Gasteiger partial charge in [-0.05, 0) is 6.92 Å². The van der Waals surface area contributed by atoms with Crippen LogP contribution in [0, 0.1) is 6.92 Å². The first kappa shape index (κ1) is 14.5. The Labute approximate surface area is 104 Å². The molecule has 0 saturated carbocycles. The molecule has 0 aromatic carbocycles. The van der Waals surface area contributed by atoms with E-state index in [1.54, 1.807) is 0 Å². The lowest BCUT2D eigenvalue weighted by Crippen LogP contribution is -2.22.